The quantitative estimate of drug-likeness (QED) is 0.411. The molecular weight excluding hydrogens is 286 g/mol. The van der Waals surface area contributed by atoms with Gasteiger partial charge < -0.3 is 4.48 Å². The van der Waals surface area contributed by atoms with Crippen molar-refractivity contribution in [2.45, 2.75) is 77.5 Å². The second kappa shape index (κ2) is 10.6. The molecule has 1 atom stereocenters. The molecule has 0 fully saturated rings. The van der Waals surface area contributed by atoms with Crippen LogP contribution >= 0.6 is 0 Å². The summed E-state index contributed by atoms with van der Waals surface area (Å²) in [5, 5.41) is -0.709. The third-order valence-electron chi connectivity index (χ3n) is 4.28. The van der Waals surface area contributed by atoms with Crippen molar-refractivity contribution in [1.29, 1.82) is 0 Å². The van der Waals surface area contributed by atoms with Crippen molar-refractivity contribution in [1.82, 2.24) is 0 Å². The molecule has 1 unspecified atom stereocenters. The monoisotopic (exact) mass is 321 g/mol. The largest absolute Gasteiger partial charge is 0.319 e. The van der Waals surface area contributed by atoms with Gasteiger partial charge in [-0.25, -0.2) is 0 Å². The van der Waals surface area contributed by atoms with Crippen LogP contribution in [0.4, 0.5) is 0 Å². The van der Waals surface area contributed by atoms with Gasteiger partial charge in [0.2, 0.25) is 5.37 Å². The fourth-order valence-corrected chi connectivity index (χ4v) is 4.41. The molecule has 0 heterocycles. The Morgan fingerprint density at radius 1 is 0.952 bits per heavy atom. The van der Waals surface area contributed by atoms with E-state index in [1.54, 1.807) is 0 Å². The summed E-state index contributed by atoms with van der Waals surface area (Å²) in [6.45, 7) is 12.7. The van der Waals surface area contributed by atoms with Gasteiger partial charge in [0.15, 0.2) is 0 Å². The third-order valence-corrected chi connectivity index (χ3v) is 5.65. The van der Waals surface area contributed by atoms with Crippen LogP contribution < -0.4 is 0 Å². The van der Waals surface area contributed by atoms with Gasteiger partial charge in [0.25, 0.3) is 0 Å². The molecule has 0 aliphatic heterocycles. The lowest BCUT2D eigenvalue weighted by molar-refractivity contribution is -0.939. The maximum Gasteiger partial charge on any atom is 0.319 e. The molecule has 0 aromatic heterocycles. The van der Waals surface area contributed by atoms with Crippen LogP contribution in [0.2, 0.25) is 0 Å². The minimum Gasteiger partial charge on any atom is -0.307 e. The number of hydrogen-bond donors (Lipinski definition) is 1. The Kier molecular flexibility index (Phi) is 10.5. The molecule has 0 bridgehead atoms. The van der Waals surface area contributed by atoms with E-state index in [1.807, 2.05) is 0 Å². The van der Waals surface area contributed by atoms with Crippen molar-refractivity contribution in [2.75, 3.05) is 19.6 Å². The summed E-state index contributed by atoms with van der Waals surface area (Å²) in [7, 11) is -4.04. The minimum atomic E-state index is -4.04. The Bertz CT molecular complexity index is 333. The van der Waals surface area contributed by atoms with Crippen LogP contribution in [-0.4, -0.2) is 42.5 Å². The van der Waals surface area contributed by atoms with Gasteiger partial charge in [-0.2, -0.15) is 8.42 Å². The maximum absolute atomic E-state index is 12.0. The Balaban J connectivity index is 5.50. The summed E-state index contributed by atoms with van der Waals surface area (Å²) in [4.78, 5) is 0. The number of rotatable bonds is 13. The SMILES string of the molecule is [CH2]CCC([N+](CCCC)(CCCC)CCCC)S(=O)(=O)O. The number of unbranched alkanes of at least 4 members (excludes halogenated alkanes) is 3. The van der Waals surface area contributed by atoms with Crippen LogP contribution in [-0.2, 0) is 10.1 Å². The predicted molar refractivity (Wildman–Crippen MR) is 89.5 cm³/mol. The van der Waals surface area contributed by atoms with Gasteiger partial charge in [0.05, 0.1) is 19.6 Å². The molecule has 5 heteroatoms. The first-order valence-corrected chi connectivity index (χ1v) is 9.99. The van der Waals surface area contributed by atoms with E-state index in [9.17, 15) is 13.0 Å². The van der Waals surface area contributed by atoms with Crippen LogP contribution in [0.5, 0.6) is 0 Å². The van der Waals surface area contributed by atoms with Crippen molar-refractivity contribution in [3.63, 3.8) is 0 Å². The van der Waals surface area contributed by atoms with Crippen LogP contribution in [0.25, 0.3) is 0 Å². The summed E-state index contributed by atoms with van der Waals surface area (Å²) in [6.07, 6.45) is 7.09. The lowest BCUT2D eigenvalue weighted by Crippen LogP contribution is -2.59. The number of nitrogens with zero attached hydrogens (tertiary/aromatic N) is 1. The molecule has 4 nitrogen and oxygen atoms in total. The van der Waals surface area contributed by atoms with Gasteiger partial charge in [0.1, 0.15) is 0 Å². The molecule has 0 rings (SSSR count). The van der Waals surface area contributed by atoms with Crippen molar-refractivity contribution < 1.29 is 17.5 Å². The highest BCUT2D eigenvalue weighted by Gasteiger charge is 2.42. The molecular formula is C16H35NO3S+. The number of quaternary nitrogens is 1. The smallest absolute Gasteiger partial charge is 0.307 e. The van der Waals surface area contributed by atoms with Gasteiger partial charge in [0, 0.05) is 6.42 Å². The second-order valence-electron chi connectivity index (χ2n) is 6.06. The normalized spacial score (nSPS) is 14.3. The van der Waals surface area contributed by atoms with Crippen molar-refractivity contribution >= 4 is 10.1 Å². The van der Waals surface area contributed by atoms with Crippen molar-refractivity contribution in [3.8, 4) is 0 Å². The maximum atomic E-state index is 12.0. The average molecular weight is 322 g/mol. The molecule has 127 valence electrons. The molecule has 1 N–H and O–H groups in total. The molecule has 0 aromatic carbocycles. The van der Waals surface area contributed by atoms with E-state index in [0.717, 1.165) is 58.2 Å². The van der Waals surface area contributed by atoms with E-state index in [-0.39, 0.29) is 0 Å². The number of hydrogen-bond acceptors (Lipinski definition) is 2. The van der Waals surface area contributed by atoms with E-state index in [2.05, 4.69) is 27.7 Å². The topological polar surface area (TPSA) is 54.4 Å². The highest BCUT2D eigenvalue weighted by molar-refractivity contribution is 7.86. The van der Waals surface area contributed by atoms with E-state index in [4.69, 9.17) is 0 Å². The second-order valence-corrected chi connectivity index (χ2v) is 7.64. The van der Waals surface area contributed by atoms with Crippen molar-refractivity contribution in [2.24, 2.45) is 0 Å². The summed E-state index contributed by atoms with van der Waals surface area (Å²) >= 11 is 0. The van der Waals surface area contributed by atoms with Crippen LogP contribution in [0.15, 0.2) is 0 Å². The summed E-state index contributed by atoms with van der Waals surface area (Å²) in [5.74, 6) is 0. The van der Waals surface area contributed by atoms with Crippen LogP contribution in [0.1, 0.15) is 72.1 Å². The zero-order valence-electron chi connectivity index (χ0n) is 14.2. The first kappa shape index (κ1) is 20.9. The molecule has 0 saturated heterocycles. The summed E-state index contributed by atoms with van der Waals surface area (Å²) in [5.41, 5.74) is 0. The van der Waals surface area contributed by atoms with Crippen LogP contribution in [0, 0.1) is 6.92 Å². The van der Waals surface area contributed by atoms with Gasteiger partial charge >= 0.3 is 10.1 Å². The fraction of sp³-hybridized carbons (Fsp3) is 0.938. The standard InChI is InChI=1S/C16H34NO3S/c1-5-9-13-17(14-10-6-2,15-11-7-3)16(12-8-4)21(18,19)20/h16H,4-15H2,1-3H3/p+1. The first-order valence-electron chi connectivity index (χ1n) is 8.49. The molecule has 1 radical (unpaired) electrons. The minimum absolute atomic E-state index is 0.440. The van der Waals surface area contributed by atoms with Gasteiger partial charge in [-0.15, -0.1) is 0 Å². The van der Waals surface area contributed by atoms with E-state index in [1.165, 1.54) is 0 Å². The predicted octanol–water partition coefficient (Wildman–Crippen LogP) is 4.03. The van der Waals surface area contributed by atoms with Crippen LogP contribution in [0.3, 0.4) is 0 Å². The lowest BCUT2D eigenvalue weighted by atomic mass is 10.1. The van der Waals surface area contributed by atoms with Crippen molar-refractivity contribution in [3.05, 3.63) is 6.92 Å². The lowest BCUT2D eigenvalue weighted by Gasteiger charge is -2.43. The third kappa shape index (κ3) is 7.11. The zero-order valence-corrected chi connectivity index (χ0v) is 15.0. The van der Waals surface area contributed by atoms with Gasteiger partial charge in [-0.3, -0.25) is 4.55 Å². The molecule has 0 saturated carbocycles. The highest BCUT2D eigenvalue weighted by Crippen LogP contribution is 2.26. The van der Waals surface area contributed by atoms with E-state index in [0.29, 0.717) is 17.3 Å². The van der Waals surface area contributed by atoms with E-state index < -0.39 is 15.5 Å². The zero-order chi connectivity index (χ0) is 16.4. The summed E-state index contributed by atoms with van der Waals surface area (Å²) in [6, 6.07) is 0. The molecule has 0 aromatic rings. The summed E-state index contributed by atoms with van der Waals surface area (Å²) < 4.78 is 34.2. The Morgan fingerprint density at radius 3 is 1.57 bits per heavy atom. The highest BCUT2D eigenvalue weighted by atomic mass is 32.2. The fourth-order valence-electron chi connectivity index (χ4n) is 3.07. The molecule has 0 aliphatic carbocycles. The Labute approximate surface area is 132 Å². The van der Waals surface area contributed by atoms with E-state index >= 15 is 0 Å². The Hall–Kier alpha value is -0.130. The first-order chi connectivity index (χ1) is 9.87. The molecule has 0 aliphatic rings. The Morgan fingerprint density at radius 2 is 1.33 bits per heavy atom. The average Bonchev–Trinajstić information content (AvgIpc) is 2.44. The van der Waals surface area contributed by atoms with Gasteiger partial charge in [-0.1, -0.05) is 47.0 Å². The van der Waals surface area contributed by atoms with Gasteiger partial charge in [-0.05, 0) is 25.7 Å². The molecule has 0 spiro atoms. The molecule has 0 amide bonds. The molecule has 21 heavy (non-hydrogen) atoms.